The fourth-order valence-electron chi connectivity index (χ4n) is 7.45. The fourth-order valence-corrected chi connectivity index (χ4v) is 7.45. The summed E-state index contributed by atoms with van der Waals surface area (Å²) < 4.78 is 4.19. The van der Waals surface area contributed by atoms with Crippen LogP contribution in [-0.2, 0) is 18.5 Å². The zero-order valence-corrected chi connectivity index (χ0v) is 30.5. The van der Waals surface area contributed by atoms with Gasteiger partial charge in [-0.3, -0.25) is 0 Å². The lowest BCUT2D eigenvalue weighted by Crippen LogP contribution is -2.39. The molecule has 8 aromatic rings. The van der Waals surface area contributed by atoms with Gasteiger partial charge in [0.25, 0.3) is 0 Å². The molecule has 6 aromatic carbocycles. The monoisotopic (exact) mass is 720 g/mol. The number of hydrogen-bond acceptors (Lipinski definition) is 5. The van der Waals surface area contributed by atoms with Gasteiger partial charge in [0.1, 0.15) is 11.4 Å². The maximum absolute atomic E-state index is 11.4. The number of rotatable bonds is 13. The molecule has 0 atom stereocenters. The Kier molecular flexibility index (Phi) is 9.95. The zero-order chi connectivity index (χ0) is 37.6. The topological polar surface area (TPSA) is 98.7 Å². The minimum atomic E-state index is -0.940. The molecule has 0 aliphatic rings. The fraction of sp³-hybridized carbons (Fsp3) is 0.128. The summed E-state index contributed by atoms with van der Waals surface area (Å²) in [4.78, 5) is 16.4. The molecule has 0 saturated carbocycles. The second-order valence-electron chi connectivity index (χ2n) is 13.6. The normalized spacial score (nSPS) is 11.4. The maximum Gasteiger partial charge on any atom is 0.335 e. The second-order valence-corrected chi connectivity index (χ2v) is 13.6. The van der Waals surface area contributed by atoms with E-state index in [-0.39, 0.29) is 5.56 Å². The Morgan fingerprint density at radius 3 is 1.76 bits per heavy atom. The second kappa shape index (κ2) is 15.6. The summed E-state index contributed by atoms with van der Waals surface area (Å²) in [5, 5.41) is 23.2. The van der Waals surface area contributed by atoms with Gasteiger partial charge in [0.2, 0.25) is 0 Å². The number of unbranched alkanes of at least 4 members (excludes halogenated alkanes) is 1. The highest BCUT2D eigenvalue weighted by atomic mass is 16.4. The Balaban J connectivity index is 1.17. The number of aromatic carboxylic acids is 1. The van der Waals surface area contributed by atoms with Gasteiger partial charge >= 0.3 is 5.97 Å². The van der Waals surface area contributed by atoms with Gasteiger partial charge in [-0.25, -0.2) is 14.5 Å². The molecule has 2 heterocycles. The van der Waals surface area contributed by atoms with E-state index in [9.17, 15) is 9.90 Å². The van der Waals surface area contributed by atoms with E-state index < -0.39 is 11.5 Å². The summed E-state index contributed by atoms with van der Waals surface area (Å²) in [6, 6.07) is 55.2. The van der Waals surface area contributed by atoms with E-state index in [1.165, 1.54) is 0 Å². The van der Waals surface area contributed by atoms with Crippen LogP contribution in [0.4, 0.5) is 0 Å². The van der Waals surface area contributed by atoms with E-state index >= 15 is 0 Å². The number of benzene rings is 6. The average Bonchev–Trinajstić information content (AvgIpc) is 3.90. The van der Waals surface area contributed by atoms with Crippen molar-refractivity contribution >= 4 is 5.97 Å². The molecule has 1 N–H and O–H groups in total. The van der Waals surface area contributed by atoms with Crippen LogP contribution < -0.4 is 0 Å². The van der Waals surface area contributed by atoms with Crippen molar-refractivity contribution in [2.45, 2.75) is 38.3 Å². The third-order valence-electron chi connectivity index (χ3n) is 10.2. The Bertz CT molecular complexity index is 2410. The van der Waals surface area contributed by atoms with E-state index in [0.29, 0.717) is 12.4 Å². The summed E-state index contributed by atoms with van der Waals surface area (Å²) in [6.45, 7) is 2.84. The van der Waals surface area contributed by atoms with Crippen LogP contribution in [0.3, 0.4) is 0 Å². The molecule has 0 radical (unpaired) electrons. The number of carboxylic acids is 1. The van der Waals surface area contributed by atoms with Crippen LogP contribution in [0.15, 0.2) is 170 Å². The van der Waals surface area contributed by atoms with Crippen molar-refractivity contribution in [2.24, 2.45) is 0 Å². The SMILES string of the molecule is CCCCc1nc(-c2ccc(C(=O)O)cc2)cn1Cc1ccc(-c2ccccc2-c2nnnn2C(c2ccccc2)(c2ccccc2)c2ccccc2)cc1. The van der Waals surface area contributed by atoms with Crippen LogP contribution in [0.25, 0.3) is 33.8 Å². The van der Waals surface area contributed by atoms with Gasteiger partial charge in [-0.15, -0.1) is 5.10 Å². The van der Waals surface area contributed by atoms with Gasteiger partial charge in [0, 0.05) is 30.3 Å². The lowest BCUT2D eigenvalue weighted by Gasteiger charge is -2.36. The lowest BCUT2D eigenvalue weighted by atomic mass is 9.77. The van der Waals surface area contributed by atoms with Gasteiger partial charge < -0.3 is 9.67 Å². The highest BCUT2D eigenvalue weighted by Gasteiger charge is 2.42. The number of carbonyl (C=O) groups is 1. The van der Waals surface area contributed by atoms with E-state index in [1.807, 2.05) is 41.1 Å². The summed E-state index contributed by atoms with van der Waals surface area (Å²) in [6.07, 6.45) is 5.03. The average molecular weight is 721 g/mol. The zero-order valence-electron chi connectivity index (χ0n) is 30.5. The Hall–Kier alpha value is -6.93. The minimum absolute atomic E-state index is 0.260. The van der Waals surface area contributed by atoms with E-state index in [0.717, 1.165) is 75.3 Å². The Morgan fingerprint density at radius 1 is 0.655 bits per heavy atom. The third kappa shape index (κ3) is 6.86. The van der Waals surface area contributed by atoms with Crippen LogP contribution in [0.2, 0.25) is 0 Å². The molecule has 0 bridgehead atoms. The molecule has 0 unspecified atom stereocenters. The largest absolute Gasteiger partial charge is 0.478 e. The van der Waals surface area contributed by atoms with Crippen molar-refractivity contribution in [1.29, 1.82) is 0 Å². The molecular formula is C47H40N6O2. The molecule has 0 aliphatic carbocycles. The van der Waals surface area contributed by atoms with Gasteiger partial charge in [0.15, 0.2) is 5.82 Å². The molecule has 0 fully saturated rings. The Labute approximate surface area is 320 Å². The van der Waals surface area contributed by atoms with E-state index in [1.54, 1.807) is 12.1 Å². The number of imidazole rings is 1. The number of tetrazole rings is 1. The number of carboxylic acid groups (broad SMARTS) is 1. The molecule has 8 nitrogen and oxygen atoms in total. The molecule has 2 aromatic heterocycles. The standard InChI is InChI=1S/C47H40N6O2/c1-2-3-23-44-48-43(36-28-30-37(31-29-36)46(54)55)33-52(44)32-34-24-26-35(27-25-34)41-21-13-14-22-42(41)45-49-50-51-53(45)47(38-15-7-4-8-16-38,39-17-9-5-10-18-39)40-19-11-6-12-20-40/h4-22,24-31,33H,2-3,23,32H2,1H3,(H,54,55). The predicted octanol–water partition coefficient (Wildman–Crippen LogP) is 9.80. The summed E-state index contributed by atoms with van der Waals surface area (Å²) >= 11 is 0. The third-order valence-corrected chi connectivity index (χ3v) is 10.2. The molecule has 8 heteroatoms. The van der Waals surface area contributed by atoms with Crippen molar-refractivity contribution in [3.63, 3.8) is 0 Å². The van der Waals surface area contributed by atoms with E-state index in [4.69, 9.17) is 15.3 Å². The quantitative estimate of drug-likeness (QED) is 0.119. The first-order chi connectivity index (χ1) is 27.1. The lowest BCUT2D eigenvalue weighted by molar-refractivity contribution is 0.0697. The first-order valence-electron chi connectivity index (χ1n) is 18.6. The van der Waals surface area contributed by atoms with Crippen LogP contribution in [-0.4, -0.2) is 40.8 Å². The van der Waals surface area contributed by atoms with Gasteiger partial charge in [0.05, 0.1) is 11.3 Å². The Morgan fingerprint density at radius 2 is 1.20 bits per heavy atom. The van der Waals surface area contributed by atoms with Gasteiger partial charge in [-0.1, -0.05) is 165 Å². The first kappa shape index (κ1) is 35.1. The van der Waals surface area contributed by atoms with Crippen LogP contribution >= 0.6 is 0 Å². The molecule has 270 valence electrons. The maximum atomic E-state index is 11.4. The van der Waals surface area contributed by atoms with Gasteiger partial charge in [-0.05, 0) is 62.4 Å². The predicted molar refractivity (Wildman–Crippen MR) is 216 cm³/mol. The highest BCUT2D eigenvalue weighted by molar-refractivity contribution is 5.88. The number of nitrogens with zero attached hydrogens (tertiary/aromatic N) is 6. The number of aryl methyl sites for hydroxylation is 1. The summed E-state index contributed by atoms with van der Waals surface area (Å²) in [5.41, 5.74) is 8.39. The molecular weight excluding hydrogens is 681 g/mol. The van der Waals surface area contributed by atoms with Crippen LogP contribution in [0.5, 0.6) is 0 Å². The molecule has 55 heavy (non-hydrogen) atoms. The number of hydrogen-bond donors (Lipinski definition) is 1. The molecule has 8 rings (SSSR count). The minimum Gasteiger partial charge on any atom is -0.478 e. The van der Waals surface area contributed by atoms with Gasteiger partial charge in [-0.2, -0.15) is 0 Å². The van der Waals surface area contributed by atoms with Crippen LogP contribution in [0.1, 0.15) is 58.2 Å². The van der Waals surface area contributed by atoms with Crippen molar-refractivity contribution in [3.05, 3.63) is 204 Å². The van der Waals surface area contributed by atoms with Crippen molar-refractivity contribution in [2.75, 3.05) is 0 Å². The number of aromatic nitrogens is 6. The van der Waals surface area contributed by atoms with Crippen molar-refractivity contribution < 1.29 is 9.90 Å². The van der Waals surface area contributed by atoms with Crippen LogP contribution in [0, 0.1) is 0 Å². The summed E-state index contributed by atoms with van der Waals surface area (Å²) in [7, 11) is 0. The highest BCUT2D eigenvalue weighted by Crippen LogP contribution is 2.43. The van der Waals surface area contributed by atoms with E-state index in [2.05, 4.69) is 138 Å². The van der Waals surface area contributed by atoms with Crippen molar-refractivity contribution in [3.8, 4) is 33.8 Å². The molecule has 0 saturated heterocycles. The van der Waals surface area contributed by atoms with Crippen molar-refractivity contribution in [1.82, 2.24) is 29.8 Å². The molecule has 0 amide bonds. The smallest absolute Gasteiger partial charge is 0.335 e. The molecule has 0 spiro atoms. The first-order valence-corrected chi connectivity index (χ1v) is 18.6. The molecule has 0 aliphatic heterocycles. The summed E-state index contributed by atoms with van der Waals surface area (Å²) in [5.74, 6) is 0.725.